The maximum Gasteiger partial charge on any atom is 0.411 e. The van der Waals surface area contributed by atoms with Crippen LogP contribution in [0.5, 0.6) is 5.75 Å². The maximum absolute atomic E-state index is 12.1. The van der Waals surface area contributed by atoms with Crippen LogP contribution in [0.1, 0.15) is 24.3 Å². The molecule has 21 heavy (non-hydrogen) atoms. The number of halogens is 3. The molecule has 0 radical (unpaired) electrons. The average molecular weight is 304 g/mol. The van der Waals surface area contributed by atoms with Crippen molar-refractivity contribution in [2.75, 3.05) is 19.8 Å². The lowest BCUT2D eigenvalue weighted by Crippen LogP contribution is -2.41. The molecule has 0 aromatic heterocycles. The van der Waals surface area contributed by atoms with E-state index in [1.807, 2.05) is 24.3 Å². The lowest BCUT2D eigenvalue weighted by molar-refractivity contribution is -0.175. The van der Waals surface area contributed by atoms with Gasteiger partial charge in [-0.05, 0) is 30.4 Å². The first-order chi connectivity index (χ1) is 9.99. The van der Waals surface area contributed by atoms with Gasteiger partial charge in [-0.3, -0.25) is 11.3 Å². The summed E-state index contributed by atoms with van der Waals surface area (Å²) in [5.41, 5.74) is 3.60. The van der Waals surface area contributed by atoms with Gasteiger partial charge in [0.15, 0.2) is 0 Å². The molecule has 1 heterocycles. The fourth-order valence-corrected chi connectivity index (χ4v) is 2.51. The van der Waals surface area contributed by atoms with Crippen molar-refractivity contribution in [2.24, 2.45) is 5.84 Å². The Morgan fingerprint density at radius 3 is 2.86 bits per heavy atom. The molecule has 0 amide bonds. The summed E-state index contributed by atoms with van der Waals surface area (Å²) in [5, 5.41) is 0. The van der Waals surface area contributed by atoms with Crippen molar-refractivity contribution in [1.82, 2.24) is 5.43 Å². The molecular formula is C14H19F3N2O2. The fraction of sp³-hybridized carbons (Fsp3) is 0.571. The molecule has 1 aromatic carbocycles. The third kappa shape index (κ3) is 4.87. The molecule has 2 rings (SSSR count). The van der Waals surface area contributed by atoms with Crippen molar-refractivity contribution in [1.29, 1.82) is 0 Å². The number of rotatable bonds is 6. The van der Waals surface area contributed by atoms with Gasteiger partial charge in [0, 0.05) is 6.04 Å². The zero-order chi connectivity index (χ0) is 15.3. The van der Waals surface area contributed by atoms with Crippen LogP contribution in [0.15, 0.2) is 24.3 Å². The zero-order valence-corrected chi connectivity index (χ0v) is 11.5. The highest BCUT2D eigenvalue weighted by Crippen LogP contribution is 2.36. The van der Waals surface area contributed by atoms with Crippen molar-refractivity contribution in [3.63, 3.8) is 0 Å². The Morgan fingerprint density at radius 2 is 2.14 bits per heavy atom. The van der Waals surface area contributed by atoms with Gasteiger partial charge >= 0.3 is 6.18 Å². The summed E-state index contributed by atoms with van der Waals surface area (Å²) in [4.78, 5) is 0. The van der Waals surface area contributed by atoms with Crippen molar-refractivity contribution in [3.8, 4) is 5.75 Å². The second kappa shape index (κ2) is 7.11. The number of hydrazine groups is 1. The van der Waals surface area contributed by atoms with Crippen LogP contribution in [0.25, 0.3) is 0 Å². The van der Waals surface area contributed by atoms with Gasteiger partial charge in [-0.1, -0.05) is 18.2 Å². The summed E-state index contributed by atoms with van der Waals surface area (Å²) >= 11 is 0. The number of fused-ring (bicyclic) bond motifs is 1. The lowest BCUT2D eigenvalue weighted by Gasteiger charge is -2.28. The molecule has 2 atom stereocenters. The third-order valence-electron chi connectivity index (χ3n) is 3.47. The van der Waals surface area contributed by atoms with Gasteiger partial charge in [0.1, 0.15) is 12.4 Å². The van der Waals surface area contributed by atoms with Gasteiger partial charge in [-0.25, -0.2) is 0 Å². The number of nitrogens with two attached hydrogens (primary N) is 1. The number of benzene rings is 1. The predicted molar refractivity (Wildman–Crippen MR) is 71.9 cm³/mol. The first-order valence-electron chi connectivity index (χ1n) is 6.82. The van der Waals surface area contributed by atoms with Gasteiger partial charge in [-0.15, -0.1) is 0 Å². The van der Waals surface area contributed by atoms with E-state index in [1.54, 1.807) is 0 Å². The Morgan fingerprint density at radius 1 is 1.38 bits per heavy atom. The SMILES string of the molecule is NNC(COCC(F)(F)F)CC1CCOc2ccccc21. The second-order valence-corrected chi connectivity index (χ2v) is 5.10. The molecule has 0 aliphatic carbocycles. The van der Waals surface area contributed by atoms with Gasteiger partial charge in [0.25, 0.3) is 0 Å². The molecule has 2 unspecified atom stereocenters. The lowest BCUT2D eigenvalue weighted by atomic mass is 9.88. The molecule has 1 aliphatic heterocycles. The molecule has 1 aliphatic rings. The molecule has 0 saturated heterocycles. The fourth-order valence-electron chi connectivity index (χ4n) is 2.51. The van der Waals surface area contributed by atoms with E-state index in [2.05, 4.69) is 10.2 Å². The third-order valence-corrected chi connectivity index (χ3v) is 3.47. The topological polar surface area (TPSA) is 56.5 Å². The van der Waals surface area contributed by atoms with E-state index in [0.717, 1.165) is 17.7 Å². The number of para-hydroxylation sites is 1. The summed E-state index contributed by atoms with van der Waals surface area (Å²) < 4.78 is 46.5. The monoisotopic (exact) mass is 304 g/mol. The van der Waals surface area contributed by atoms with E-state index < -0.39 is 12.8 Å². The second-order valence-electron chi connectivity index (χ2n) is 5.10. The quantitative estimate of drug-likeness (QED) is 0.626. The Labute approximate surface area is 121 Å². The summed E-state index contributed by atoms with van der Waals surface area (Å²) in [6.07, 6.45) is -2.90. The normalized spacial score (nSPS) is 19.7. The van der Waals surface area contributed by atoms with Gasteiger partial charge < -0.3 is 9.47 Å². The molecule has 3 N–H and O–H groups in total. The first-order valence-corrected chi connectivity index (χ1v) is 6.82. The molecule has 118 valence electrons. The van der Waals surface area contributed by atoms with E-state index in [9.17, 15) is 13.2 Å². The Balaban J connectivity index is 1.90. The van der Waals surface area contributed by atoms with Crippen LogP contribution in [0, 0.1) is 0 Å². The average Bonchev–Trinajstić information content (AvgIpc) is 2.45. The molecule has 1 aromatic rings. The molecule has 0 spiro atoms. The zero-order valence-electron chi connectivity index (χ0n) is 11.5. The van der Waals surface area contributed by atoms with Crippen LogP contribution < -0.4 is 16.0 Å². The number of alkyl halides is 3. The number of hydrogen-bond acceptors (Lipinski definition) is 4. The van der Waals surface area contributed by atoms with Crippen LogP contribution in [-0.4, -0.2) is 32.0 Å². The van der Waals surface area contributed by atoms with Crippen molar-refractivity contribution >= 4 is 0 Å². The van der Waals surface area contributed by atoms with Crippen molar-refractivity contribution in [3.05, 3.63) is 29.8 Å². The standard InChI is InChI=1S/C14H19F3N2O2/c15-14(16,17)9-20-8-11(19-18)7-10-5-6-21-13-4-2-1-3-12(10)13/h1-4,10-11,19H,5-9,18H2. The molecule has 4 nitrogen and oxygen atoms in total. The highest BCUT2D eigenvalue weighted by molar-refractivity contribution is 5.37. The summed E-state index contributed by atoms with van der Waals surface area (Å²) in [6.45, 7) is -0.729. The van der Waals surface area contributed by atoms with Crippen LogP contribution in [-0.2, 0) is 4.74 Å². The summed E-state index contributed by atoms with van der Waals surface area (Å²) in [6, 6.07) is 7.36. The smallest absolute Gasteiger partial charge is 0.411 e. The van der Waals surface area contributed by atoms with Crippen molar-refractivity contribution in [2.45, 2.75) is 31.0 Å². The minimum Gasteiger partial charge on any atom is -0.493 e. The molecule has 0 saturated carbocycles. The van der Waals surface area contributed by atoms with Crippen LogP contribution in [0.4, 0.5) is 13.2 Å². The van der Waals surface area contributed by atoms with Gasteiger partial charge in [0.05, 0.1) is 13.2 Å². The van der Waals surface area contributed by atoms with E-state index in [4.69, 9.17) is 10.6 Å². The number of nitrogens with one attached hydrogen (secondary N) is 1. The van der Waals surface area contributed by atoms with Crippen LogP contribution in [0.2, 0.25) is 0 Å². The van der Waals surface area contributed by atoms with E-state index in [0.29, 0.717) is 13.0 Å². The Kier molecular flexibility index (Phi) is 5.44. The summed E-state index contributed by atoms with van der Waals surface area (Å²) in [5.74, 6) is 6.45. The number of hydrogen-bond donors (Lipinski definition) is 2. The molecule has 0 fully saturated rings. The first kappa shape index (κ1) is 16.1. The maximum atomic E-state index is 12.1. The Hall–Kier alpha value is -1.31. The molecule has 0 bridgehead atoms. The largest absolute Gasteiger partial charge is 0.493 e. The highest BCUT2D eigenvalue weighted by Gasteiger charge is 2.29. The number of ether oxygens (including phenoxy) is 2. The highest BCUT2D eigenvalue weighted by atomic mass is 19.4. The van der Waals surface area contributed by atoms with E-state index in [-0.39, 0.29) is 18.6 Å². The predicted octanol–water partition coefficient (Wildman–Crippen LogP) is 2.35. The van der Waals surface area contributed by atoms with E-state index >= 15 is 0 Å². The van der Waals surface area contributed by atoms with E-state index in [1.165, 1.54) is 0 Å². The van der Waals surface area contributed by atoms with Crippen LogP contribution >= 0.6 is 0 Å². The van der Waals surface area contributed by atoms with Crippen molar-refractivity contribution < 1.29 is 22.6 Å². The van der Waals surface area contributed by atoms with Crippen LogP contribution in [0.3, 0.4) is 0 Å². The molecule has 7 heteroatoms. The Bertz CT molecular complexity index is 454. The minimum absolute atomic E-state index is 0.0739. The van der Waals surface area contributed by atoms with Gasteiger partial charge in [0.2, 0.25) is 0 Å². The van der Waals surface area contributed by atoms with Gasteiger partial charge in [-0.2, -0.15) is 13.2 Å². The minimum atomic E-state index is -4.32. The molecular weight excluding hydrogens is 285 g/mol. The summed E-state index contributed by atoms with van der Waals surface area (Å²) in [7, 11) is 0.